The summed E-state index contributed by atoms with van der Waals surface area (Å²) in [5.74, 6) is 0.107. The monoisotopic (exact) mass is 723 g/mol. The third-order valence-corrected chi connectivity index (χ3v) is 12.0. The summed E-state index contributed by atoms with van der Waals surface area (Å²) < 4.78 is 42.7. The van der Waals surface area contributed by atoms with Crippen molar-refractivity contribution in [1.82, 2.24) is 18.7 Å². The molecule has 1 unspecified atom stereocenters. The Labute approximate surface area is 299 Å². The van der Waals surface area contributed by atoms with Crippen LogP contribution in [0.3, 0.4) is 0 Å². The van der Waals surface area contributed by atoms with E-state index in [4.69, 9.17) is 19.6 Å². The van der Waals surface area contributed by atoms with E-state index in [0.29, 0.717) is 56.3 Å². The summed E-state index contributed by atoms with van der Waals surface area (Å²) in [5.41, 5.74) is 3.88. The number of aromatic nitrogens is 3. The lowest BCUT2D eigenvalue weighted by Gasteiger charge is -2.25. The molecule has 2 aliphatic heterocycles. The van der Waals surface area contributed by atoms with E-state index in [0.717, 1.165) is 24.9 Å². The summed E-state index contributed by atoms with van der Waals surface area (Å²) in [7, 11) is -2.04. The van der Waals surface area contributed by atoms with Gasteiger partial charge in [-0.05, 0) is 74.7 Å². The van der Waals surface area contributed by atoms with Crippen molar-refractivity contribution in [3.8, 4) is 22.7 Å². The highest BCUT2D eigenvalue weighted by Gasteiger charge is 2.33. The number of allylic oxidation sites excluding steroid dienone is 1. The van der Waals surface area contributed by atoms with Crippen LogP contribution in [0.15, 0.2) is 111 Å². The van der Waals surface area contributed by atoms with E-state index in [2.05, 4.69) is 0 Å². The molecule has 0 amide bonds. The second kappa shape index (κ2) is 14.3. The van der Waals surface area contributed by atoms with Gasteiger partial charge >= 0.3 is 5.97 Å². The zero-order valence-electron chi connectivity index (χ0n) is 28.5. The van der Waals surface area contributed by atoms with Crippen molar-refractivity contribution in [2.45, 2.75) is 44.0 Å². The van der Waals surface area contributed by atoms with Crippen LogP contribution in [0.25, 0.3) is 23.0 Å². The van der Waals surface area contributed by atoms with Crippen LogP contribution >= 0.6 is 11.3 Å². The number of sulfonamides is 1. The van der Waals surface area contributed by atoms with Gasteiger partial charge in [-0.2, -0.15) is 9.40 Å². The minimum atomic E-state index is -3.61. The molecule has 0 bridgehead atoms. The van der Waals surface area contributed by atoms with Crippen LogP contribution in [0.4, 0.5) is 0 Å². The number of methoxy groups -OCH3 is 1. The van der Waals surface area contributed by atoms with Crippen molar-refractivity contribution in [1.29, 1.82) is 0 Å². The number of hydrogen-bond acceptors (Lipinski definition) is 9. The Morgan fingerprint density at radius 3 is 2.35 bits per heavy atom. The average Bonchev–Trinajstić information content (AvgIpc) is 3.72. The largest absolute Gasteiger partial charge is 0.497 e. The van der Waals surface area contributed by atoms with Gasteiger partial charge in [0.1, 0.15) is 5.75 Å². The maximum atomic E-state index is 14.4. The molecular formula is C38H37N5O6S2. The van der Waals surface area contributed by atoms with Gasteiger partial charge in [0.25, 0.3) is 5.56 Å². The Balaban J connectivity index is 1.36. The van der Waals surface area contributed by atoms with Gasteiger partial charge in [-0.3, -0.25) is 9.36 Å². The van der Waals surface area contributed by atoms with E-state index in [9.17, 15) is 18.0 Å². The lowest BCUT2D eigenvalue weighted by molar-refractivity contribution is -0.139. The molecule has 5 aromatic rings. The minimum absolute atomic E-state index is 0.175. The first-order chi connectivity index (χ1) is 24.7. The Morgan fingerprint density at radius 2 is 1.69 bits per heavy atom. The Kier molecular flexibility index (Phi) is 9.60. The van der Waals surface area contributed by atoms with Gasteiger partial charge in [-0.1, -0.05) is 60.2 Å². The van der Waals surface area contributed by atoms with Crippen molar-refractivity contribution in [2.75, 3.05) is 26.8 Å². The number of para-hydroxylation sites is 1. The number of carbonyl (C=O) groups is 1. The van der Waals surface area contributed by atoms with Gasteiger partial charge in [-0.15, -0.1) is 0 Å². The molecule has 2 aliphatic rings. The van der Waals surface area contributed by atoms with Crippen LogP contribution in [0, 0.1) is 0 Å². The highest BCUT2D eigenvalue weighted by atomic mass is 32.2. The maximum Gasteiger partial charge on any atom is 0.338 e. The number of piperidine rings is 1. The first-order valence-electron chi connectivity index (χ1n) is 16.8. The number of hydrogen-bond donors (Lipinski definition) is 0. The predicted octanol–water partition coefficient (Wildman–Crippen LogP) is 4.83. The molecular weight excluding hydrogens is 687 g/mol. The smallest absolute Gasteiger partial charge is 0.338 e. The lowest BCUT2D eigenvalue weighted by Crippen LogP contribution is -2.39. The molecule has 0 N–H and O–H groups in total. The van der Waals surface area contributed by atoms with Crippen LogP contribution in [-0.2, 0) is 19.6 Å². The second-order valence-electron chi connectivity index (χ2n) is 12.3. The summed E-state index contributed by atoms with van der Waals surface area (Å²) >= 11 is 1.22. The molecule has 0 aliphatic carbocycles. The van der Waals surface area contributed by atoms with E-state index >= 15 is 0 Å². The second-order valence-corrected chi connectivity index (χ2v) is 15.2. The normalized spacial score (nSPS) is 16.8. The zero-order chi connectivity index (χ0) is 35.7. The molecule has 4 heterocycles. The van der Waals surface area contributed by atoms with E-state index in [1.807, 2.05) is 48.7 Å². The number of ether oxygens (including phenoxy) is 2. The van der Waals surface area contributed by atoms with Gasteiger partial charge < -0.3 is 9.47 Å². The number of benzene rings is 3. The third-order valence-electron chi connectivity index (χ3n) is 9.08. The van der Waals surface area contributed by atoms with Gasteiger partial charge in [0.2, 0.25) is 10.0 Å². The van der Waals surface area contributed by atoms with E-state index < -0.39 is 22.0 Å². The molecule has 0 saturated carbocycles. The van der Waals surface area contributed by atoms with Crippen LogP contribution in [0.5, 0.6) is 5.75 Å². The minimum Gasteiger partial charge on any atom is -0.497 e. The standard InChI is InChI=1S/C38H37N5O6S2/c1-4-49-37(45)33-25(2)39-38-43(35(33)27-13-17-30(48-3)18-14-27)36(44)32(50-38)23-28-24-42(29-11-7-5-8-12-29)40-34(28)26-15-19-31(20-16-26)51(46,47)41-21-9-6-10-22-41/h5,7-8,11-20,23-24,35H,4,6,9-10,21-22H2,1-3H3. The van der Waals surface area contributed by atoms with Crippen LogP contribution in [0.1, 0.15) is 50.3 Å². The topological polar surface area (TPSA) is 125 Å². The Hall–Kier alpha value is -5.11. The first-order valence-corrected chi connectivity index (χ1v) is 19.0. The third kappa shape index (κ3) is 6.60. The molecule has 13 heteroatoms. The fourth-order valence-corrected chi connectivity index (χ4v) is 9.06. The average molecular weight is 724 g/mol. The molecule has 7 rings (SSSR count). The number of nitrogens with zero attached hydrogens (tertiary/aromatic N) is 5. The van der Waals surface area contributed by atoms with Crippen molar-refractivity contribution >= 4 is 33.4 Å². The zero-order valence-corrected chi connectivity index (χ0v) is 30.1. The summed E-state index contributed by atoms with van der Waals surface area (Å²) in [6.07, 6.45) is 6.36. The van der Waals surface area contributed by atoms with E-state index in [-0.39, 0.29) is 22.6 Å². The number of thiazole rings is 1. The summed E-state index contributed by atoms with van der Waals surface area (Å²) in [4.78, 5) is 33.1. The van der Waals surface area contributed by atoms with Crippen LogP contribution < -0.4 is 19.6 Å². The van der Waals surface area contributed by atoms with E-state index in [1.54, 1.807) is 77.0 Å². The van der Waals surface area contributed by atoms with Gasteiger partial charge in [-0.25, -0.2) is 22.9 Å². The number of carbonyl (C=O) groups excluding carboxylic acids is 1. The number of rotatable bonds is 9. The van der Waals surface area contributed by atoms with Gasteiger partial charge in [0.15, 0.2) is 4.80 Å². The summed E-state index contributed by atoms with van der Waals surface area (Å²) in [6, 6.07) is 22.8. The summed E-state index contributed by atoms with van der Waals surface area (Å²) in [6.45, 7) is 4.70. The molecule has 262 valence electrons. The molecule has 1 fully saturated rings. The van der Waals surface area contributed by atoms with E-state index in [1.165, 1.54) is 11.3 Å². The highest BCUT2D eigenvalue weighted by Crippen LogP contribution is 2.32. The molecule has 1 atom stereocenters. The van der Waals surface area contributed by atoms with Crippen molar-refractivity contribution in [3.63, 3.8) is 0 Å². The van der Waals surface area contributed by atoms with Crippen molar-refractivity contribution in [3.05, 3.63) is 127 Å². The molecule has 0 radical (unpaired) electrons. The van der Waals surface area contributed by atoms with Crippen LogP contribution in [0.2, 0.25) is 0 Å². The van der Waals surface area contributed by atoms with Crippen LogP contribution in [-0.4, -0.2) is 59.8 Å². The first kappa shape index (κ1) is 34.3. The predicted molar refractivity (Wildman–Crippen MR) is 195 cm³/mol. The maximum absolute atomic E-state index is 14.4. The Morgan fingerprint density at radius 1 is 0.980 bits per heavy atom. The summed E-state index contributed by atoms with van der Waals surface area (Å²) in [5, 5.41) is 4.90. The molecule has 51 heavy (non-hydrogen) atoms. The SMILES string of the molecule is CCOC(=O)C1=C(C)N=c2sc(=Cc3cn(-c4ccccc4)nc3-c3ccc(S(=O)(=O)N4CCCCC4)cc3)c(=O)n2C1c1ccc(OC)cc1. The number of fused-ring (bicyclic) bond motifs is 1. The van der Waals surface area contributed by atoms with Gasteiger partial charge in [0.05, 0.1) is 51.8 Å². The molecule has 11 nitrogen and oxygen atoms in total. The fraction of sp³-hybridized carbons (Fsp3) is 0.263. The molecule has 2 aromatic heterocycles. The number of esters is 1. The fourth-order valence-electron chi connectivity index (χ4n) is 6.50. The van der Waals surface area contributed by atoms with Gasteiger partial charge in [0, 0.05) is 30.4 Å². The Bertz CT molecular complexity index is 2410. The molecule has 1 saturated heterocycles. The quantitative estimate of drug-likeness (QED) is 0.200. The molecule has 0 spiro atoms. The lowest BCUT2D eigenvalue weighted by atomic mass is 9.96. The van der Waals surface area contributed by atoms with Crippen molar-refractivity contribution in [2.24, 2.45) is 4.99 Å². The molecule has 3 aromatic carbocycles. The highest BCUT2D eigenvalue weighted by molar-refractivity contribution is 7.89. The van der Waals surface area contributed by atoms with Crippen molar-refractivity contribution < 1.29 is 22.7 Å².